The Kier molecular flexibility index (Phi) is 6.14. The first-order chi connectivity index (χ1) is 13.0. The second-order valence-electron chi connectivity index (χ2n) is 7.48. The molecule has 0 spiro atoms. The maximum absolute atomic E-state index is 12.9. The Morgan fingerprint density at radius 2 is 1.89 bits per heavy atom. The topological polar surface area (TPSA) is 75.7 Å². The van der Waals surface area contributed by atoms with Crippen molar-refractivity contribution in [3.63, 3.8) is 0 Å². The van der Waals surface area contributed by atoms with Crippen molar-refractivity contribution in [3.05, 3.63) is 30.3 Å². The number of ether oxygens (including phenoxy) is 1. The summed E-state index contributed by atoms with van der Waals surface area (Å²) in [5.41, 5.74) is 0.235. The van der Waals surface area contributed by atoms with Crippen molar-refractivity contribution in [1.29, 1.82) is 0 Å². The van der Waals surface area contributed by atoms with Gasteiger partial charge in [-0.1, -0.05) is 37.5 Å². The second kappa shape index (κ2) is 8.55. The molecular formula is C21H28N2O4. The molecule has 1 saturated heterocycles. The molecule has 146 valence electrons. The lowest BCUT2D eigenvalue weighted by atomic mass is 9.79. The molecule has 1 atom stereocenters. The lowest BCUT2D eigenvalue weighted by Gasteiger charge is -2.38. The van der Waals surface area contributed by atoms with Crippen molar-refractivity contribution >= 4 is 23.5 Å². The van der Waals surface area contributed by atoms with Crippen LogP contribution in [0.3, 0.4) is 0 Å². The number of nitrogens with zero attached hydrogens (tertiary/aromatic N) is 1. The summed E-state index contributed by atoms with van der Waals surface area (Å²) in [5, 5.41) is 3.08. The first kappa shape index (κ1) is 19.4. The number of benzene rings is 1. The van der Waals surface area contributed by atoms with Gasteiger partial charge >= 0.3 is 5.97 Å². The fourth-order valence-corrected chi connectivity index (χ4v) is 4.20. The van der Waals surface area contributed by atoms with E-state index in [0.717, 1.165) is 37.8 Å². The SMILES string of the molecule is CCOC(=O)CC1(NC(=O)[C@@H]2CCN(c3ccccc3)C2=O)CCCCC1. The fraction of sp³-hybridized carbons (Fsp3) is 0.571. The third-order valence-electron chi connectivity index (χ3n) is 5.58. The van der Waals surface area contributed by atoms with Crippen LogP contribution in [0.25, 0.3) is 0 Å². The van der Waals surface area contributed by atoms with Gasteiger partial charge in [0.05, 0.1) is 18.6 Å². The Hall–Kier alpha value is -2.37. The van der Waals surface area contributed by atoms with Gasteiger partial charge in [-0.2, -0.15) is 0 Å². The van der Waals surface area contributed by atoms with E-state index in [1.807, 2.05) is 30.3 Å². The number of hydrogen-bond donors (Lipinski definition) is 1. The molecule has 6 heteroatoms. The largest absolute Gasteiger partial charge is 0.466 e. The molecule has 0 unspecified atom stereocenters. The molecular weight excluding hydrogens is 344 g/mol. The average Bonchev–Trinajstić information content (AvgIpc) is 3.04. The van der Waals surface area contributed by atoms with Crippen LogP contribution < -0.4 is 10.2 Å². The van der Waals surface area contributed by atoms with Gasteiger partial charge in [-0.3, -0.25) is 14.4 Å². The zero-order valence-electron chi connectivity index (χ0n) is 15.9. The van der Waals surface area contributed by atoms with E-state index in [1.165, 1.54) is 0 Å². The van der Waals surface area contributed by atoms with Crippen LogP contribution in [0.1, 0.15) is 51.9 Å². The summed E-state index contributed by atoms with van der Waals surface area (Å²) in [7, 11) is 0. The van der Waals surface area contributed by atoms with Crippen LogP contribution in [0.2, 0.25) is 0 Å². The van der Waals surface area contributed by atoms with E-state index >= 15 is 0 Å². The average molecular weight is 372 g/mol. The molecule has 0 bridgehead atoms. The van der Waals surface area contributed by atoms with E-state index < -0.39 is 11.5 Å². The van der Waals surface area contributed by atoms with Crippen molar-refractivity contribution in [3.8, 4) is 0 Å². The van der Waals surface area contributed by atoms with Gasteiger partial charge in [-0.15, -0.1) is 0 Å². The van der Waals surface area contributed by atoms with Crippen molar-refractivity contribution in [2.24, 2.45) is 5.92 Å². The number of para-hydroxylation sites is 1. The summed E-state index contributed by atoms with van der Waals surface area (Å²) in [4.78, 5) is 39.5. The van der Waals surface area contributed by atoms with Gasteiger partial charge in [0.25, 0.3) is 0 Å². The van der Waals surface area contributed by atoms with E-state index in [9.17, 15) is 14.4 Å². The summed E-state index contributed by atoms with van der Waals surface area (Å²) in [6, 6.07) is 9.42. The molecule has 1 aliphatic carbocycles. The zero-order chi connectivity index (χ0) is 19.3. The number of hydrogen-bond acceptors (Lipinski definition) is 4. The maximum Gasteiger partial charge on any atom is 0.308 e. The minimum absolute atomic E-state index is 0.166. The highest BCUT2D eigenvalue weighted by Crippen LogP contribution is 2.33. The van der Waals surface area contributed by atoms with Crippen molar-refractivity contribution in [1.82, 2.24) is 5.32 Å². The zero-order valence-corrected chi connectivity index (χ0v) is 15.9. The Balaban J connectivity index is 1.68. The lowest BCUT2D eigenvalue weighted by molar-refractivity contribution is -0.145. The molecule has 0 radical (unpaired) electrons. The number of nitrogens with one attached hydrogen (secondary N) is 1. The summed E-state index contributed by atoms with van der Waals surface area (Å²) in [5.74, 6) is -1.40. The molecule has 27 heavy (non-hydrogen) atoms. The van der Waals surface area contributed by atoms with E-state index in [4.69, 9.17) is 4.74 Å². The third-order valence-corrected chi connectivity index (χ3v) is 5.58. The van der Waals surface area contributed by atoms with Crippen molar-refractivity contribution < 1.29 is 19.1 Å². The third kappa shape index (κ3) is 4.49. The van der Waals surface area contributed by atoms with E-state index in [2.05, 4.69) is 5.32 Å². The number of amides is 2. The molecule has 0 aromatic heterocycles. The Bertz CT molecular complexity index is 683. The minimum atomic E-state index is -0.689. The predicted octanol–water partition coefficient (Wildman–Crippen LogP) is 2.81. The molecule has 1 N–H and O–H groups in total. The lowest BCUT2D eigenvalue weighted by Crippen LogP contribution is -2.53. The summed E-state index contributed by atoms with van der Waals surface area (Å²) in [6.45, 7) is 2.64. The molecule has 1 saturated carbocycles. The smallest absolute Gasteiger partial charge is 0.308 e. The number of esters is 1. The predicted molar refractivity (Wildman–Crippen MR) is 102 cm³/mol. The fourth-order valence-electron chi connectivity index (χ4n) is 4.20. The van der Waals surface area contributed by atoms with Crippen molar-refractivity contribution in [2.45, 2.75) is 57.4 Å². The highest BCUT2D eigenvalue weighted by atomic mass is 16.5. The molecule has 1 aromatic carbocycles. The van der Waals surface area contributed by atoms with Gasteiger partial charge in [0.15, 0.2) is 0 Å². The Morgan fingerprint density at radius 3 is 2.56 bits per heavy atom. The van der Waals surface area contributed by atoms with Crippen molar-refractivity contribution in [2.75, 3.05) is 18.1 Å². The number of rotatable bonds is 6. The second-order valence-corrected chi connectivity index (χ2v) is 7.48. The maximum atomic E-state index is 12.9. The standard InChI is InChI=1S/C21H28N2O4/c1-2-27-18(24)15-21(12-7-4-8-13-21)22-19(25)17-11-14-23(20(17)26)16-9-5-3-6-10-16/h3,5-6,9-10,17H,2,4,7-8,11-15H2,1H3,(H,22,25)/t17-/m0/s1. The van der Waals surface area contributed by atoms with E-state index in [1.54, 1.807) is 11.8 Å². The molecule has 2 amide bonds. The van der Waals surface area contributed by atoms with Crippen LogP contribution in [0, 0.1) is 5.92 Å². The highest BCUT2D eigenvalue weighted by Gasteiger charge is 2.42. The van der Waals surface area contributed by atoms with Crippen LogP contribution in [0.5, 0.6) is 0 Å². The molecule has 2 aliphatic rings. The summed E-state index contributed by atoms with van der Waals surface area (Å²) in [6.07, 6.45) is 5.21. The van der Waals surface area contributed by atoms with Gasteiger partial charge in [0.2, 0.25) is 11.8 Å². The van der Waals surface area contributed by atoms with Gasteiger partial charge in [-0.25, -0.2) is 0 Å². The quantitative estimate of drug-likeness (QED) is 0.615. The Morgan fingerprint density at radius 1 is 1.19 bits per heavy atom. The summed E-state index contributed by atoms with van der Waals surface area (Å²) >= 11 is 0. The molecule has 1 heterocycles. The molecule has 6 nitrogen and oxygen atoms in total. The first-order valence-electron chi connectivity index (χ1n) is 9.89. The van der Waals surface area contributed by atoms with Crippen LogP contribution in [0.4, 0.5) is 5.69 Å². The number of anilines is 1. The minimum Gasteiger partial charge on any atom is -0.466 e. The van der Waals surface area contributed by atoms with E-state index in [-0.39, 0.29) is 24.2 Å². The molecule has 2 fully saturated rings. The van der Waals surface area contributed by atoms with Gasteiger partial charge in [0.1, 0.15) is 5.92 Å². The van der Waals surface area contributed by atoms with Crippen LogP contribution in [-0.2, 0) is 19.1 Å². The molecule has 1 aliphatic heterocycles. The van der Waals surface area contributed by atoms with Crippen LogP contribution >= 0.6 is 0 Å². The highest BCUT2D eigenvalue weighted by molar-refractivity contribution is 6.09. The van der Waals surface area contributed by atoms with Gasteiger partial charge in [-0.05, 0) is 38.3 Å². The van der Waals surface area contributed by atoms with Gasteiger partial charge in [0, 0.05) is 12.2 Å². The van der Waals surface area contributed by atoms with E-state index in [0.29, 0.717) is 19.6 Å². The molecule has 3 rings (SSSR count). The number of carbonyl (C=O) groups excluding carboxylic acids is 3. The number of carbonyl (C=O) groups is 3. The van der Waals surface area contributed by atoms with Crippen LogP contribution in [0.15, 0.2) is 30.3 Å². The summed E-state index contributed by atoms with van der Waals surface area (Å²) < 4.78 is 5.11. The first-order valence-corrected chi connectivity index (χ1v) is 9.89. The molecule has 1 aromatic rings. The van der Waals surface area contributed by atoms with Gasteiger partial charge < -0.3 is 15.0 Å². The Labute approximate surface area is 160 Å². The van der Waals surface area contributed by atoms with Crippen LogP contribution in [-0.4, -0.2) is 36.5 Å². The normalized spacial score (nSPS) is 21.7. The monoisotopic (exact) mass is 372 g/mol.